The van der Waals surface area contributed by atoms with E-state index in [4.69, 9.17) is 14.0 Å². The number of carbonyl (C=O) groups excluding carboxylic acids is 1. The Kier molecular flexibility index (Phi) is 6.63. The summed E-state index contributed by atoms with van der Waals surface area (Å²) >= 11 is 0. The van der Waals surface area contributed by atoms with Crippen molar-refractivity contribution in [2.24, 2.45) is 0 Å². The molecule has 0 fully saturated rings. The number of ether oxygens (including phenoxy) is 2. The summed E-state index contributed by atoms with van der Waals surface area (Å²) in [5.74, 6) is 1.98. The molecule has 7 heteroatoms. The van der Waals surface area contributed by atoms with Crippen LogP contribution in [0.5, 0.6) is 11.5 Å². The Morgan fingerprint density at radius 3 is 2.55 bits per heavy atom. The number of amides is 1. The highest BCUT2D eigenvalue weighted by Gasteiger charge is 2.15. The van der Waals surface area contributed by atoms with Gasteiger partial charge in [0.15, 0.2) is 11.5 Å². The van der Waals surface area contributed by atoms with Crippen molar-refractivity contribution in [1.82, 2.24) is 15.0 Å². The summed E-state index contributed by atoms with van der Waals surface area (Å²) in [5, 5.41) is 3.99. The van der Waals surface area contributed by atoms with Crippen LogP contribution in [0.1, 0.15) is 18.4 Å². The predicted molar refractivity (Wildman–Crippen MR) is 109 cm³/mol. The van der Waals surface area contributed by atoms with E-state index in [0.717, 1.165) is 11.1 Å². The van der Waals surface area contributed by atoms with E-state index < -0.39 is 0 Å². The molecule has 1 amide bonds. The third-order valence-corrected chi connectivity index (χ3v) is 4.35. The summed E-state index contributed by atoms with van der Waals surface area (Å²) in [6.45, 7) is 2.65. The lowest BCUT2D eigenvalue weighted by molar-refractivity contribution is -0.126. The SMILES string of the molecule is CCN(Cc1nc(-c2ccccc2)no1)C(=O)/C=C/c1ccc(OC)c(OC)c1. The fourth-order valence-corrected chi connectivity index (χ4v) is 2.76. The van der Waals surface area contributed by atoms with Gasteiger partial charge in [0.1, 0.15) is 6.54 Å². The molecule has 29 heavy (non-hydrogen) atoms. The summed E-state index contributed by atoms with van der Waals surface area (Å²) < 4.78 is 15.8. The molecule has 0 unspecified atom stereocenters. The van der Waals surface area contributed by atoms with Crippen molar-refractivity contribution in [3.8, 4) is 22.9 Å². The maximum Gasteiger partial charge on any atom is 0.247 e. The number of hydrogen-bond donors (Lipinski definition) is 0. The highest BCUT2D eigenvalue weighted by molar-refractivity contribution is 5.91. The fourth-order valence-electron chi connectivity index (χ4n) is 2.76. The molecule has 0 atom stereocenters. The third-order valence-electron chi connectivity index (χ3n) is 4.35. The average Bonchev–Trinajstić information content (AvgIpc) is 3.24. The monoisotopic (exact) mass is 393 g/mol. The minimum Gasteiger partial charge on any atom is -0.493 e. The van der Waals surface area contributed by atoms with Crippen molar-refractivity contribution in [1.29, 1.82) is 0 Å². The number of nitrogens with zero attached hydrogens (tertiary/aromatic N) is 3. The molecule has 3 rings (SSSR count). The summed E-state index contributed by atoms with van der Waals surface area (Å²) in [6, 6.07) is 15.0. The van der Waals surface area contributed by atoms with Crippen molar-refractivity contribution in [2.75, 3.05) is 20.8 Å². The Morgan fingerprint density at radius 2 is 1.86 bits per heavy atom. The van der Waals surface area contributed by atoms with E-state index in [1.54, 1.807) is 31.3 Å². The Bertz CT molecular complexity index is 983. The average molecular weight is 393 g/mol. The molecule has 2 aromatic carbocycles. The Balaban J connectivity index is 1.68. The molecule has 0 radical (unpaired) electrons. The van der Waals surface area contributed by atoms with Crippen LogP contribution in [-0.2, 0) is 11.3 Å². The summed E-state index contributed by atoms with van der Waals surface area (Å²) in [4.78, 5) is 18.6. The largest absolute Gasteiger partial charge is 0.493 e. The molecule has 0 aliphatic rings. The maximum atomic E-state index is 12.6. The molecule has 0 aliphatic carbocycles. The van der Waals surface area contributed by atoms with E-state index in [-0.39, 0.29) is 12.5 Å². The van der Waals surface area contributed by atoms with Crippen LogP contribution < -0.4 is 9.47 Å². The lowest BCUT2D eigenvalue weighted by atomic mass is 10.2. The van der Waals surface area contributed by atoms with Crippen LogP contribution in [0.4, 0.5) is 0 Å². The van der Waals surface area contributed by atoms with Gasteiger partial charge >= 0.3 is 0 Å². The van der Waals surface area contributed by atoms with Crippen molar-refractivity contribution < 1.29 is 18.8 Å². The van der Waals surface area contributed by atoms with Crippen molar-refractivity contribution in [3.05, 3.63) is 66.1 Å². The number of hydrogen-bond acceptors (Lipinski definition) is 6. The Morgan fingerprint density at radius 1 is 1.10 bits per heavy atom. The molecule has 0 saturated heterocycles. The Hall–Kier alpha value is -3.61. The second-order valence-corrected chi connectivity index (χ2v) is 6.18. The normalized spacial score (nSPS) is 10.9. The van der Waals surface area contributed by atoms with E-state index in [2.05, 4.69) is 10.1 Å². The number of benzene rings is 2. The van der Waals surface area contributed by atoms with Gasteiger partial charge in [0.25, 0.3) is 0 Å². The van der Waals surface area contributed by atoms with Gasteiger partial charge in [-0.25, -0.2) is 0 Å². The first-order valence-corrected chi connectivity index (χ1v) is 9.21. The molecular formula is C22H23N3O4. The van der Waals surface area contributed by atoms with Crippen LogP contribution in [0.3, 0.4) is 0 Å². The van der Waals surface area contributed by atoms with Gasteiger partial charge < -0.3 is 18.9 Å². The van der Waals surface area contributed by atoms with Crippen LogP contribution in [-0.4, -0.2) is 41.7 Å². The van der Waals surface area contributed by atoms with E-state index in [0.29, 0.717) is 29.8 Å². The van der Waals surface area contributed by atoms with Gasteiger partial charge in [-0.15, -0.1) is 0 Å². The number of methoxy groups -OCH3 is 2. The number of carbonyl (C=O) groups is 1. The molecule has 3 aromatic rings. The minimum absolute atomic E-state index is 0.151. The fraction of sp³-hybridized carbons (Fsp3) is 0.227. The van der Waals surface area contributed by atoms with Crippen molar-refractivity contribution in [3.63, 3.8) is 0 Å². The molecule has 0 bridgehead atoms. The summed E-state index contributed by atoms with van der Waals surface area (Å²) in [7, 11) is 3.15. The number of aromatic nitrogens is 2. The first kappa shape index (κ1) is 20.1. The first-order chi connectivity index (χ1) is 14.1. The quantitative estimate of drug-likeness (QED) is 0.542. The molecular weight excluding hydrogens is 370 g/mol. The van der Waals surface area contributed by atoms with Gasteiger partial charge in [0.05, 0.1) is 14.2 Å². The molecule has 7 nitrogen and oxygen atoms in total. The van der Waals surface area contributed by atoms with Gasteiger partial charge in [-0.1, -0.05) is 41.6 Å². The smallest absolute Gasteiger partial charge is 0.247 e. The van der Waals surface area contributed by atoms with Gasteiger partial charge in [-0.2, -0.15) is 4.98 Å². The lowest BCUT2D eigenvalue weighted by Crippen LogP contribution is -2.28. The van der Waals surface area contributed by atoms with Crippen LogP contribution in [0.15, 0.2) is 59.1 Å². The number of rotatable bonds is 8. The molecule has 0 spiro atoms. The van der Waals surface area contributed by atoms with Gasteiger partial charge in [0.2, 0.25) is 17.6 Å². The number of likely N-dealkylation sites (N-methyl/N-ethyl adjacent to an activating group) is 1. The third kappa shape index (κ3) is 5.01. The van der Waals surface area contributed by atoms with Crippen molar-refractivity contribution >= 4 is 12.0 Å². The minimum atomic E-state index is -0.151. The van der Waals surface area contributed by atoms with Crippen LogP contribution in [0.25, 0.3) is 17.5 Å². The van der Waals surface area contributed by atoms with E-state index in [1.807, 2.05) is 49.4 Å². The molecule has 0 saturated carbocycles. The molecule has 1 aromatic heterocycles. The van der Waals surface area contributed by atoms with E-state index in [1.165, 1.54) is 6.08 Å². The standard InChI is InChI=1S/C22H23N3O4/c1-4-25(15-20-23-22(24-29-20)17-8-6-5-7-9-17)21(26)13-11-16-10-12-18(27-2)19(14-16)28-3/h5-14H,4,15H2,1-3H3/b13-11+. The first-order valence-electron chi connectivity index (χ1n) is 9.21. The van der Waals surface area contributed by atoms with Crippen LogP contribution >= 0.6 is 0 Å². The van der Waals surface area contributed by atoms with E-state index >= 15 is 0 Å². The lowest BCUT2D eigenvalue weighted by Gasteiger charge is -2.16. The second kappa shape index (κ2) is 9.54. The van der Waals surface area contributed by atoms with Gasteiger partial charge in [-0.3, -0.25) is 4.79 Å². The molecule has 0 aliphatic heterocycles. The maximum absolute atomic E-state index is 12.6. The molecule has 150 valence electrons. The van der Waals surface area contributed by atoms with Crippen LogP contribution in [0, 0.1) is 0 Å². The molecule has 1 heterocycles. The zero-order valence-electron chi connectivity index (χ0n) is 16.7. The molecule has 0 N–H and O–H groups in total. The van der Waals surface area contributed by atoms with Crippen molar-refractivity contribution in [2.45, 2.75) is 13.5 Å². The Labute approximate surface area is 169 Å². The summed E-state index contributed by atoms with van der Waals surface area (Å²) in [6.07, 6.45) is 3.25. The summed E-state index contributed by atoms with van der Waals surface area (Å²) in [5.41, 5.74) is 1.70. The van der Waals surface area contributed by atoms with Gasteiger partial charge in [-0.05, 0) is 30.7 Å². The predicted octanol–water partition coefficient (Wildman–Crippen LogP) is 3.82. The zero-order chi connectivity index (χ0) is 20.6. The second-order valence-electron chi connectivity index (χ2n) is 6.18. The topological polar surface area (TPSA) is 77.7 Å². The zero-order valence-corrected chi connectivity index (χ0v) is 16.7. The van der Waals surface area contributed by atoms with E-state index in [9.17, 15) is 4.79 Å². The van der Waals surface area contributed by atoms with Gasteiger partial charge in [0, 0.05) is 18.2 Å². The highest BCUT2D eigenvalue weighted by atomic mass is 16.5. The highest BCUT2D eigenvalue weighted by Crippen LogP contribution is 2.28. The van der Waals surface area contributed by atoms with Crippen LogP contribution in [0.2, 0.25) is 0 Å².